The third-order valence-corrected chi connectivity index (χ3v) is 5.67. The maximum atomic E-state index is 12.8. The Hall–Kier alpha value is -0.620. The van der Waals surface area contributed by atoms with E-state index in [4.69, 9.17) is 0 Å². The molecule has 1 aliphatic rings. The highest BCUT2D eigenvalue weighted by molar-refractivity contribution is 8.07. The Bertz CT molecular complexity index is 453. The first-order valence-electron chi connectivity index (χ1n) is 5.85. The average Bonchev–Trinajstić information content (AvgIpc) is 2.39. The molecule has 1 nitrogen and oxygen atoms in total. The van der Waals surface area contributed by atoms with Crippen LogP contribution in [0, 0.1) is 0 Å². The first-order chi connectivity index (χ1) is 8.98. The van der Waals surface area contributed by atoms with E-state index >= 15 is 0 Å². The molecule has 0 N–H and O–H groups in total. The summed E-state index contributed by atoms with van der Waals surface area (Å²) in [6.45, 7) is 0. The first-order valence-corrected chi connectivity index (χ1v) is 8.06. The lowest BCUT2D eigenvalue weighted by atomic mass is 10.0. The Balaban J connectivity index is 2.12. The fraction of sp³-hybridized carbons (Fsp3) is 0.462. The maximum absolute atomic E-state index is 12.8. The summed E-state index contributed by atoms with van der Waals surface area (Å²) < 4.78 is 38.5. The number of carbonyl (C=O) groups is 1. The molecular formula is C13H13F3OS2. The van der Waals surface area contributed by atoms with E-state index in [0.29, 0.717) is 5.75 Å². The fourth-order valence-electron chi connectivity index (χ4n) is 1.93. The molecule has 0 aromatic heterocycles. The van der Waals surface area contributed by atoms with Crippen LogP contribution in [0.3, 0.4) is 0 Å². The van der Waals surface area contributed by atoms with Gasteiger partial charge in [-0.05, 0) is 11.6 Å². The third-order valence-electron chi connectivity index (χ3n) is 2.86. The molecule has 19 heavy (non-hydrogen) atoms. The highest BCUT2D eigenvalue weighted by Crippen LogP contribution is 2.33. The van der Waals surface area contributed by atoms with Gasteiger partial charge in [0.15, 0.2) is 5.78 Å². The summed E-state index contributed by atoms with van der Waals surface area (Å²) >= 11 is 3.24. The second-order valence-corrected chi connectivity index (χ2v) is 6.69. The number of Topliss-reactive ketones (excluding diaryl/α,β-unsaturated/α-hetero) is 1. The van der Waals surface area contributed by atoms with Crippen molar-refractivity contribution in [2.45, 2.75) is 17.8 Å². The number of benzene rings is 1. The summed E-state index contributed by atoms with van der Waals surface area (Å²) in [5.41, 5.74) is -0.618. The molecule has 1 aromatic carbocycles. The van der Waals surface area contributed by atoms with Crippen LogP contribution < -0.4 is 0 Å². The molecule has 1 atom stereocenters. The molecular weight excluding hydrogens is 293 g/mol. The van der Waals surface area contributed by atoms with E-state index in [-0.39, 0.29) is 23.0 Å². The van der Waals surface area contributed by atoms with Gasteiger partial charge in [0, 0.05) is 23.7 Å². The van der Waals surface area contributed by atoms with Crippen molar-refractivity contribution in [3.63, 3.8) is 0 Å². The second-order valence-electron chi connectivity index (χ2n) is 4.23. The zero-order valence-corrected chi connectivity index (χ0v) is 11.7. The van der Waals surface area contributed by atoms with Gasteiger partial charge in [0.05, 0.1) is 10.8 Å². The molecule has 0 radical (unpaired) electrons. The molecule has 1 aliphatic heterocycles. The SMILES string of the molecule is O=C(Cc1ccccc1C(F)(F)F)C1CSCCS1. The number of thioether (sulfide) groups is 2. The van der Waals surface area contributed by atoms with Crippen LogP contribution in [0.5, 0.6) is 0 Å². The average molecular weight is 306 g/mol. The Morgan fingerprint density at radius 2 is 2.00 bits per heavy atom. The molecule has 1 fully saturated rings. The second kappa shape index (κ2) is 6.22. The van der Waals surface area contributed by atoms with Gasteiger partial charge in [-0.25, -0.2) is 0 Å². The molecule has 1 saturated heterocycles. The zero-order chi connectivity index (χ0) is 13.9. The Kier molecular flexibility index (Phi) is 4.84. The van der Waals surface area contributed by atoms with Gasteiger partial charge in [-0.1, -0.05) is 18.2 Å². The van der Waals surface area contributed by atoms with E-state index in [0.717, 1.165) is 17.6 Å². The van der Waals surface area contributed by atoms with Crippen LogP contribution in [0.25, 0.3) is 0 Å². The topological polar surface area (TPSA) is 17.1 Å². The molecule has 0 bridgehead atoms. The molecule has 0 aliphatic carbocycles. The van der Waals surface area contributed by atoms with Crippen LogP contribution in [0.4, 0.5) is 13.2 Å². The van der Waals surface area contributed by atoms with Gasteiger partial charge in [-0.2, -0.15) is 24.9 Å². The molecule has 1 aromatic rings. The van der Waals surface area contributed by atoms with E-state index < -0.39 is 11.7 Å². The van der Waals surface area contributed by atoms with Crippen molar-refractivity contribution in [2.75, 3.05) is 17.3 Å². The van der Waals surface area contributed by atoms with Crippen LogP contribution in [0.1, 0.15) is 11.1 Å². The summed E-state index contributed by atoms with van der Waals surface area (Å²) in [5, 5.41) is -0.167. The van der Waals surface area contributed by atoms with E-state index in [2.05, 4.69) is 0 Å². The van der Waals surface area contributed by atoms with Crippen molar-refractivity contribution in [3.05, 3.63) is 35.4 Å². The lowest BCUT2D eigenvalue weighted by Gasteiger charge is -2.20. The Morgan fingerprint density at radius 1 is 1.26 bits per heavy atom. The largest absolute Gasteiger partial charge is 0.416 e. The third kappa shape index (κ3) is 3.92. The number of rotatable bonds is 3. The fourth-order valence-corrected chi connectivity index (χ4v) is 4.58. The van der Waals surface area contributed by atoms with Gasteiger partial charge in [0.1, 0.15) is 0 Å². The van der Waals surface area contributed by atoms with Gasteiger partial charge in [0.2, 0.25) is 0 Å². The maximum Gasteiger partial charge on any atom is 0.416 e. The molecule has 6 heteroatoms. The first kappa shape index (κ1) is 14.8. The molecule has 2 rings (SSSR count). The van der Waals surface area contributed by atoms with Crippen molar-refractivity contribution in [1.29, 1.82) is 0 Å². The standard InChI is InChI=1S/C13H13F3OS2/c14-13(15,16)10-4-2-1-3-9(10)7-11(17)12-8-18-5-6-19-12/h1-4,12H,5-8H2. The number of hydrogen-bond acceptors (Lipinski definition) is 3. The van der Waals surface area contributed by atoms with Crippen LogP contribution in [-0.4, -0.2) is 28.3 Å². The van der Waals surface area contributed by atoms with Crippen LogP contribution in [0.15, 0.2) is 24.3 Å². The highest BCUT2D eigenvalue weighted by Gasteiger charge is 2.34. The Morgan fingerprint density at radius 3 is 2.63 bits per heavy atom. The normalized spacial score (nSPS) is 20.3. The highest BCUT2D eigenvalue weighted by atomic mass is 32.2. The molecule has 0 amide bonds. The minimum absolute atomic E-state index is 0.0798. The predicted molar refractivity (Wildman–Crippen MR) is 73.7 cm³/mol. The minimum atomic E-state index is -4.40. The summed E-state index contributed by atoms with van der Waals surface area (Å²) in [6, 6.07) is 5.31. The van der Waals surface area contributed by atoms with Crippen molar-refractivity contribution in [3.8, 4) is 0 Å². The van der Waals surface area contributed by atoms with Crippen molar-refractivity contribution < 1.29 is 18.0 Å². The number of halogens is 3. The van der Waals surface area contributed by atoms with Gasteiger partial charge in [0.25, 0.3) is 0 Å². The predicted octanol–water partition coefficient (Wildman–Crippen LogP) is 3.67. The number of hydrogen-bond donors (Lipinski definition) is 0. The quantitative estimate of drug-likeness (QED) is 0.848. The van der Waals surface area contributed by atoms with E-state index in [9.17, 15) is 18.0 Å². The van der Waals surface area contributed by atoms with E-state index in [1.165, 1.54) is 12.1 Å². The smallest absolute Gasteiger partial charge is 0.298 e. The van der Waals surface area contributed by atoms with Gasteiger partial charge in [-0.15, -0.1) is 11.8 Å². The molecule has 0 spiro atoms. The van der Waals surface area contributed by atoms with Gasteiger partial charge >= 0.3 is 6.18 Å². The number of ketones is 1. The van der Waals surface area contributed by atoms with E-state index in [1.54, 1.807) is 29.6 Å². The van der Waals surface area contributed by atoms with Gasteiger partial charge in [-0.3, -0.25) is 4.79 Å². The van der Waals surface area contributed by atoms with Gasteiger partial charge < -0.3 is 0 Å². The molecule has 0 saturated carbocycles. The Labute approximate surface area is 118 Å². The number of carbonyl (C=O) groups excluding carboxylic acids is 1. The van der Waals surface area contributed by atoms with Crippen LogP contribution >= 0.6 is 23.5 Å². The molecule has 1 unspecified atom stereocenters. The monoisotopic (exact) mass is 306 g/mol. The zero-order valence-electron chi connectivity index (χ0n) is 10.1. The van der Waals surface area contributed by atoms with Crippen molar-refractivity contribution in [1.82, 2.24) is 0 Å². The summed E-state index contributed by atoms with van der Waals surface area (Å²) in [7, 11) is 0. The molecule has 1 heterocycles. The molecule has 104 valence electrons. The summed E-state index contributed by atoms with van der Waals surface area (Å²) in [6.07, 6.45) is -4.53. The summed E-state index contributed by atoms with van der Waals surface area (Å²) in [5.74, 6) is 2.50. The van der Waals surface area contributed by atoms with Crippen LogP contribution in [0.2, 0.25) is 0 Å². The number of alkyl halides is 3. The van der Waals surface area contributed by atoms with E-state index in [1.807, 2.05) is 0 Å². The lowest BCUT2D eigenvalue weighted by molar-refractivity contribution is -0.138. The lowest BCUT2D eigenvalue weighted by Crippen LogP contribution is -2.26. The summed E-state index contributed by atoms with van der Waals surface area (Å²) in [4.78, 5) is 12.0. The van der Waals surface area contributed by atoms with Crippen molar-refractivity contribution >= 4 is 29.3 Å². The van der Waals surface area contributed by atoms with Crippen molar-refractivity contribution in [2.24, 2.45) is 0 Å². The van der Waals surface area contributed by atoms with Crippen LogP contribution in [-0.2, 0) is 17.4 Å². The minimum Gasteiger partial charge on any atom is -0.298 e.